The molecule has 0 aliphatic heterocycles. The van der Waals surface area contributed by atoms with Gasteiger partial charge in [-0.3, -0.25) is 0 Å². The van der Waals surface area contributed by atoms with E-state index in [1.165, 1.54) is 29.9 Å². The standard InChI is InChI=1S/C13H10.C8H10O.C5H5.2ClH.Ti/c1-3-7-12(8-4-1)11-13-9-5-2-6-10-13;1-6-3-7(2)5-8(9)4-6;1-2-4-5-3-1;;;/h1-10H;3-5,9H,1-2H3;1-3H,4H2;2*1H;/q;;;;;+1/p-1. The molecule has 1 aliphatic rings. The van der Waals surface area contributed by atoms with Crippen molar-refractivity contribution >= 4 is 28.6 Å². The number of allylic oxidation sites excluding steroid dienone is 4. The van der Waals surface area contributed by atoms with Gasteiger partial charge in [0.25, 0.3) is 0 Å². The normalized spacial score (nSPS) is 11.7. The Morgan fingerprint density at radius 2 is 1.30 bits per heavy atom. The van der Waals surface area contributed by atoms with Crippen molar-refractivity contribution in [3.05, 3.63) is 123 Å². The van der Waals surface area contributed by atoms with E-state index in [2.05, 4.69) is 111 Å². The predicted molar refractivity (Wildman–Crippen MR) is 129 cm³/mol. The molecule has 3 aromatic rings. The van der Waals surface area contributed by atoms with E-state index in [1.807, 2.05) is 0 Å². The Hall–Kier alpha value is -1.90. The molecular weight excluding hydrogens is 447 g/mol. The number of hydrogen-bond acceptors (Lipinski definition) is 1. The molecule has 4 heteroatoms. The second-order valence-corrected chi connectivity index (χ2v) is 10.3. The Labute approximate surface area is 198 Å². The molecule has 0 atom stereocenters. The molecule has 0 amide bonds. The molecule has 154 valence electrons. The molecule has 0 heterocycles. The molecule has 4 rings (SSSR count). The summed E-state index contributed by atoms with van der Waals surface area (Å²) in [7, 11) is 0. The van der Waals surface area contributed by atoms with Gasteiger partial charge in [0.1, 0.15) is 0 Å². The Kier molecular flexibility index (Phi) is 9.33. The zero-order chi connectivity index (χ0) is 19.3. The van der Waals surface area contributed by atoms with Crippen molar-refractivity contribution in [1.29, 1.82) is 0 Å². The molecule has 0 bridgehead atoms. The summed E-state index contributed by atoms with van der Waals surface area (Å²) in [6.07, 6.45) is 7.66. The molecule has 30 heavy (non-hydrogen) atoms. The summed E-state index contributed by atoms with van der Waals surface area (Å²) >= 11 is -2.26. The fourth-order valence-corrected chi connectivity index (χ4v) is 7.26. The van der Waals surface area contributed by atoms with Crippen molar-refractivity contribution in [2.75, 3.05) is 0 Å². The SMILES string of the molecule is Cc1cc(C)cc([O][Ti]([C]2=CC=CC2)=[C](c2ccccc2)c2ccccc2)c1.Cl.Cl. The largest absolute Gasteiger partial charge is 0.147 e. The van der Waals surface area contributed by atoms with Crippen molar-refractivity contribution < 1.29 is 21.1 Å². The fourth-order valence-electron chi connectivity index (χ4n) is 3.64. The molecule has 0 spiro atoms. The van der Waals surface area contributed by atoms with Gasteiger partial charge in [-0.05, 0) is 0 Å². The quantitative estimate of drug-likeness (QED) is 0.357. The summed E-state index contributed by atoms with van der Waals surface area (Å²) in [6.45, 7) is 4.27. The minimum Gasteiger partial charge on any atom is -0.147 e. The number of aryl methyl sites for hydroxylation is 2. The summed E-state index contributed by atoms with van der Waals surface area (Å²) in [5.41, 5.74) is 5.01. The van der Waals surface area contributed by atoms with E-state index in [-0.39, 0.29) is 24.8 Å². The summed E-state index contributed by atoms with van der Waals surface area (Å²) in [4.78, 5) is 0. The van der Waals surface area contributed by atoms with Gasteiger partial charge in [0, 0.05) is 0 Å². The van der Waals surface area contributed by atoms with Crippen molar-refractivity contribution in [1.82, 2.24) is 0 Å². The Morgan fingerprint density at radius 1 is 0.767 bits per heavy atom. The number of benzene rings is 3. The second-order valence-electron chi connectivity index (χ2n) is 7.19. The first-order valence-electron chi connectivity index (χ1n) is 9.68. The van der Waals surface area contributed by atoms with E-state index in [9.17, 15) is 0 Å². The minimum absolute atomic E-state index is 0. The van der Waals surface area contributed by atoms with Gasteiger partial charge >= 0.3 is 174 Å². The maximum absolute atomic E-state index is 6.85. The maximum Gasteiger partial charge on any atom is -0.147 e. The van der Waals surface area contributed by atoms with Gasteiger partial charge in [0.2, 0.25) is 0 Å². The van der Waals surface area contributed by atoms with Crippen molar-refractivity contribution in [2.24, 2.45) is 0 Å². The van der Waals surface area contributed by atoms with Crippen LogP contribution < -0.4 is 3.32 Å². The van der Waals surface area contributed by atoms with Crippen molar-refractivity contribution in [3.8, 4) is 5.75 Å². The molecule has 0 radical (unpaired) electrons. The van der Waals surface area contributed by atoms with Gasteiger partial charge in [-0.25, -0.2) is 0 Å². The first-order valence-corrected chi connectivity index (χ1v) is 11.9. The number of halogens is 2. The van der Waals surface area contributed by atoms with Crippen LogP contribution in [-0.2, 0) is 17.8 Å². The van der Waals surface area contributed by atoms with E-state index in [0.717, 1.165) is 12.2 Å². The van der Waals surface area contributed by atoms with Crippen molar-refractivity contribution in [2.45, 2.75) is 20.3 Å². The molecule has 0 saturated carbocycles. The van der Waals surface area contributed by atoms with E-state index in [0.29, 0.717) is 0 Å². The van der Waals surface area contributed by atoms with Gasteiger partial charge in [-0.1, -0.05) is 0 Å². The van der Waals surface area contributed by atoms with Crippen molar-refractivity contribution in [3.63, 3.8) is 0 Å². The third-order valence-electron chi connectivity index (χ3n) is 4.83. The molecule has 0 saturated heterocycles. The first kappa shape index (κ1) is 24.4. The zero-order valence-electron chi connectivity index (χ0n) is 17.2. The number of rotatable bonds is 5. The van der Waals surface area contributed by atoms with E-state index in [1.54, 1.807) is 0 Å². The summed E-state index contributed by atoms with van der Waals surface area (Å²) in [5, 5.41) is 0. The van der Waals surface area contributed by atoms with Gasteiger partial charge in [0.05, 0.1) is 0 Å². The summed E-state index contributed by atoms with van der Waals surface area (Å²) < 4.78 is 9.67. The molecule has 1 aliphatic carbocycles. The molecule has 0 N–H and O–H groups in total. The Morgan fingerprint density at radius 3 is 1.77 bits per heavy atom. The Bertz CT molecular complexity index is 1010. The van der Waals surface area contributed by atoms with Gasteiger partial charge in [-0.2, -0.15) is 0 Å². The van der Waals surface area contributed by atoms with Crippen LogP contribution in [0.25, 0.3) is 0 Å². The van der Waals surface area contributed by atoms with Crippen LogP contribution in [0.1, 0.15) is 28.7 Å². The number of hydrogen-bond donors (Lipinski definition) is 0. The van der Waals surface area contributed by atoms with Crippen LogP contribution >= 0.6 is 24.8 Å². The van der Waals surface area contributed by atoms with Crippen LogP contribution in [0.15, 0.2) is 101 Å². The summed E-state index contributed by atoms with van der Waals surface area (Å²) in [6, 6.07) is 28.0. The minimum atomic E-state index is -2.26. The monoisotopic (exact) mass is 472 g/mol. The van der Waals surface area contributed by atoms with E-state index >= 15 is 0 Å². The van der Waals surface area contributed by atoms with Gasteiger partial charge < -0.3 is 0 Å². The zero-order valence-corrected chi connectivity index (χ0v) is 20.4. The van der Waals surface area contributed by atoms with E-state index in [4.69, 9.17) is 3.32 Å². The van der Waals surface area contributed by atoms with Crippen LogP contribution in [-0.4, -0.2) is 3.81 Å². The third kappa shape index (κ3) is 5.83. The Balaban J connectivity index is 0.00000160. The molecule has 1 nitrogen and oxygen atoms in total. The first-order chi connectivity index (χ1) is 13.7. The molecule has 3 aromatic carbocycles. The van der Waals surface area contributed by atoms with Crippen LogP contribution in [0, 0.1) is 13.8 Å². The average Bonchev–Trinajstić information content (AvgIpc) is 3.23. The fraction of sp³-hybridized carbons (Fsp3) is 0.115. The predicted octanol–water partition coefficient (Wildman–Crippen LogP) is 7.17. The van der Waals surface area contributed by atoms with E-state index < -0.39 is 17.8 Å². The van der Waals surface area contributed by atoms with Gasteiger partial charge in [0.15, 0.2) is 0 Å². The third-order valence-corrected chi connectivity index (χ3v) is 8.62. The summed E-state index contributed by atoms with van der Waals surface area (Å²) in [5.74, 6) is 0.990. The van der Waals surface area contributed by atoms with Crippen LogP contribution in [0.5, 0.6) is 5.75 Å². The van der Waals surface area contributed by atoms with Crippen LogP contribution in [0.3, 0.4) is 0 Å². The van der Waals surface area contributed by atoms with Gasteiger partial charge in [-0.15, -0.1) is 24.8 Å². The molecular formula is C26H26Cl2OTi. The second kappa shape index (κ2) is 11.5. The molecule has 0 unspecified atom stereocenters. The maximum atomic E-state index is 6.85. The topological polar surface area (TPSA) is 9.23 Å². The molecule has 0 fully saturated rings. The average molecular weight is 473 g/mol. The molecule has 0 aromatic heterocycles. The van der Waals surface area contributed by atoms with Crippen LogP contribution in [0.4, 0.5) is 0 Å². The smallest absolute Gasteiger partial charge is 0.147 e. The van der Waals surface area contributed by atoms with Crippen LogP contribution in [0.2, 0.25) is 0 Å².